The van der Waals surface area contributed by atoms with Gasteiger partial charge in [-0.25, -0.2) is 9.97 Å². The van der Waals surface area contributed by atoms with E-state index in [1.54, 1.807) is 67.1 Å². The monoisotopic (exact) mass is 846 g/mol. The average molecular weight is 849 g/mol. The van der Waals surface area contributed by atoms with E-state index in [-0.39, 0.29) is 25.0 Å². The van der Waals surface area contributed by atoms with Crippen molar-refractivity contribution < 1.29 is 9.90 Å². The Kier molecular flexibility index (Phi) is 11.6. The van der Waals surface area contributed by atoms with E-state index in [1.807, 2.05) is 30.7 Å². The molecule has 0 aliphatic carbocycles. The molecule has 0 amide bonds. The van der Waals surface area contributed by atoms with Gasteiger partial charge in [-0.05, 0) is 78.6 Å². The highest BCUT2D eigenvalue weighted by molar-refractivity contribution is 6.40. The predicted molar refractivity (Wildman–Crippen MR) is 234 cm³/mol. The molecule has 16 heteroatoms. The third-order valence-corrected chi connectivity index (χ3v) is 11.0. The molecule has 5 N–H and O–H groups in total. The van der Waals surface area contributed by atoms with Crippen molar-refractivity contribution in [2.75, 3.05) is 10.6 Å². The minimum absolute atomic E-state index is 0. The third kappa shape index (κ3) is 7.41. The first-order chi connectivity index (χ1) is 26.7. The van der Waals surface area contributed by atoms with E-state index in [9.17, 15) is 19.5 Å². The molecule has 0 bridgehead atoms. The van der Waals surface area contributed by atoms with Crippen LogP contribution in [-0.2, 0) is 31.7 Å². The second-order valence-electron chi connectivity index (χ2n) is 13.2. The van der Waals surface area contributed by atoms with Crippen molar-refractivity contribution in [1.29, 1.82) is 0 Å². The standard InChI is InChI=1S/C20H16Cl2N4O3.C20H18Cl2N4O.CH4/c1-9-11(8-15(27)28)10-6-7-14-18(16(10)19(29)23-9)26(2)20(24-14)25-17-12(21)4-3-5-13(17)22;1-4-11-10(2)23-19(27)16-12(11)8-9-15-18(16)26(3)20(24-15)25-17-13(21)6-5-7-14(17)22;/h3-7H,8H2,1-2H3,(H,23,29)(H,24,25)(H,27,28);5-9H,4H2,1-3H3,(H,23,27)(H,24,25);1H4. The molecular formula is C41H38Cl4N8O4. The van der Waals surface area contributed by atoms with Crippen molar-refractivity contribution in [2.24, 2.45) is 14.1 Å². The minimum atomic E-state index is -0.970. The molecule has 0 aliphatic heterocycles. The average Bonchev–Trinajstić information content (AvgIpc) is 3.64. The van der Waals surface area contributed by atoms with E-state index in [0.29, 0.717) is 81.8 Å². The Balaban J connectivity index is 0.000000190. The molecule has 0 atom stereocenters. The lowest BCUT2D eigenvalue weighted by molar-refractivity contribution is -0.136. The zero-order valence-electron chi connectivity index (χ0n) is 30.7. The van der Waals surface area contributed by atoms with Gasteiger partial charge in [-0.3, -0.25) is 14.4 Å². The first-order valence-corrected chi connectivity index (χ1v) is 18.9. The minimum Gasteiger partial charge on any atom is -0.481 e. The Bertz CT molecular complexity index is 2980. The zero-order chi connectivity index (χ0) is 40.2. The van der Waals surface area contributed by atoms with E-state index < -0.39 is 5.97 Å². The quantitative estimate of drug-likeness (QED) is 0.106. The Morgan fingerprint density at radius 1 is 0.684 bits per heavy atom. The summed E-state index contributed by atoms with van der Waals surface area (Å²) in [6, 6.07) is 17.9. The zero-order valence-corrected chi connectivity index (χ0v) is 33.7. The Morgan fingerprint density at radius 2 is 1.07 bits per heavy atom. The van der Waals surface area contributed by atoms with Crippen molar-refractivity contribution in [3.8, 4) is 0 Å². The summed E-state index contributed by atoms with van der Waals surface area (Å²) in [4.78, 5) is 51.8. The van der Waals surface area contributed by atoms with Crippen LogP contribution in [0.3, 0.4) is 0 Å². The van der Waals surface area contributed by atoms with Gasteiger partial charge in [0, 0.05) is 25.5 Å². The summed E-state index contributed by atoms with van der Waals surface area (Å²) in [6.45, 7) is 5.71. The third-order valence-electron chi connectivity index (χ3n) is 9.76. The molecule has 0 radical (unpaired) electrons. The normalized spacial score (nSPS) is 11.2. The summed E-state index contributed by atoms with van der Waals surface area (Å²) in [5.74, 6) is 0.0371. The predicted octanol–water partition coefficient (Wildman–Crippen LogP) is 10.4. The number of benzene rings is 4. The number of aromatic nitrogens is 6. The van der Waals surface area contributed by atoms with Crippen LogP contribution in [0, 0.1) is 13.8 Å². The van der Waals surface area contributed by atoms with Gasteiger partial charge < -0.3 is 34.8 Å². The fourth-order valence-electron chi connectivity index (χ4n) is 7.11. The van der Waals surface area contributed by atoms with Crippen LogP contribution < -0.4 is 21.8 Å². The van der Waals surface area contributed by atoms with Crippen LogP contribution in [0.5, 0.6) is 0 Å². The van der Waals surface area contributed by atoms with Gasteiger partial charge in [0.15, 0.2) is 0 Å². The summed E-state index contributed by atoms with van der Waals surface area (Å²) < 4.78 is 3.59. The SMILES string of the molecule is C.CCc1c(C)[nH]c(=O)c2c1ccc1nc(Nc3c(Cl)cccc3Cl)n(C)c12.Cc1[nH]c(=O)c2c(ccc3nc(Nc4c(Cl)cccc4Cl)n(C)c32)c1CC(=O)O. The second-order valence-corrected chi connectivity index (χ2v) is 14.8. The van der Waals surface area contributed by atoms with Crippen LogP contribution in [0.25, 0.3) is 43.6 Å². The van der Waals surface area contributed by atoms with Gasteiger partial charge in [0.05, 0.1) is 70.7 Å². The van der Waals surface area contributed by atoms with Crippen LogP contribution in [-0.4, -0.2) is 40.1 Å². The molecule has 4 aromatic heterocycles. The molecule has 0 aliphatic rings. The number of anilines is 4. The van der Waals surface area contributed by atoms with E-state index >= 15 is 0 Å². The number of rotatable bonds is 7. The number of aryl methyl sites for hydroxylation is 5. The van der Waals surface area contributed by atoms with Gasteiger partial charge in [-0.2, -0.15) is 0 Å². The van der Waals surface area contributed by atoms with E-state index in [4.69, 9.17) is 46.4 Å². The van der Waals surface area contributed by atoms with Crippen LogP contribution in [0.1, 0.15) is 36.9 Å². The summed E-state index contributed by atoms with van der Waals surface area (Å²) in [5, 5.41) is 20.0. The second kappa shape index (κ2) is 16.1. The number of pyridine rings is 2. The first-order valence-electron chi connectivity index (χ1n) is 17.4. The lowest BCUT2D eigenvalue weighted by Crippen LogP contribution is -2.14. The maximum absolute atomic E-state index is 12.8. The number of halogens is 4. The van der Waals surface area contributed by atoms with Gasteiger partial charge in [0.1, 0.15) is 0 Å². The number of carboxylic acids is 1. The van der Waals surface area contributed by atoms with E-state index in [2.05, 4.69) is 37.5 Å². The molecule has 0 fully saturated rings. The van der Waals surface area contributed by atoms with Crippen molar-refractivity contribution in [1.82, 2.24) is 29.1 Å². The number of H-pyrrole nitrogens is 2. The van der Waals surface area contributed by atoms with Crippen molar-refractivity contribution in [2.45, 2.75) is 41.0 Å². The van der Waals surface area contributed by atoms with Gasteiger partial charge in [-0.1, -0.05) is 85.0 Å². The van der Waals surface area contributed by atoms with E-state index in [1.165, 1.54) is 0 Å². The number of hydrogen-bond donors (Lipinski definition) is 5. The Labute approximate surface area is 346 Å². The largest absolute Gasteiger partial charge is 0.481 e. The highest BCUT2D eigenvalue weighted by atomic mass is 35.5. The summed E-state index contributed by atoms with van der Waals surface area (Å²) in [7, 11) is 3.63. The summed E-state index contributed by atoms with van der Waals surface area (Å²) in [6.07, 6.45) is 0.644. The molecule has 0 saturated carbocycles. The van der Waals surface area contributed by atoms with Crippen molar-refractivity contribution in [3.05, 3.63) is 124 Å². The summed E-state index contributed by atoms with van der Waals surface area (Å²) in [5.41, 5.74) is 6.49. The van der Waals surface area contributed by atoms with Crippen LogP contribution in [0.2, 0.25) is 20.1 Å². The number of imidazole rings is 2. The number of aromatic amines is 2. The molecule has 294 valence electrons. The molecule has 0 saturated heterocycles. The molecule has 8 aromatic rings. The van der Waals surface area contributed by atoms with Crippen molar-refractivity contribution in [3.63, 3.8) is 0 Å². The summed E-state index contributed by atoms with van der Waals surface area (Å²) >= 11 is 25.0. The molecule has 57 heavy (non-hydrogen) atoms. The molecular weight excluding hydrogens is 810 g/mol. The van der Waals surface area contributed by atoms with Crippen molar-refractivity contribution >= 4 is 119 Å². The molecule has 0 spiro atoms. The molecule has 0 unspecified atom stereocenters. The molecule has 12 nitrogen and oxygen atoms in total. The number of carbonyl (C=O) groups is 1. The van der Waals surface area contributed by atoms with Crippen LogP contribution >= 0.6 is 46.4 Å². The number of carboxylic acid groups (broad SMARTS) is 1. The highest BCUT2D eigenvalue weighted by Gasteiger charge is 2.20. The number of hydrogen-bond acceptors (Lipinski definition) is 7. The fourth-order valence-corrected chi connectivity index (χ4v) is 8.09. The van der Waals surface area contributed by atoms with Gasteiger partial charge in [-0.15, -0.1) is 0 Å². The molecule has 4 heterocycles. The van der Waals surface area contributed by atoms with Gasteiger partial charge in [0.2, 0.25) is 11.9 Å². The van der Waals surface area contributed by atoms with E-state index in [0.717, 1.165) is 34.1 Å². The number of nitrogens with zero attached hydrogens (tertiary/aromatic N) is 4. The van der Waals surface area contributed by atoms with Crippen LogP contribution in [0.15, 0.2) is 70.3 Å². The lowest BCUT2D eigenvalue weighted by atomic mass is 10.0. The first kappa shape index (κ1) is 41.1. The molecule has 8 rings (SSSR count). The topological polar surface area (TPSA) is 163 Å². The van der Waals surface area contributed by atoms with Gasteiger partial charge in [0.25, 0.3) is 11.1 Å². The number of nitrogens with one attached hydrogen (secondary N) is 4. The lowest BCUT2D eigenvalue weighted by Gasteiger charge is -2.11. The Morgan fingerprint density at radius 3 is 1.46 bits per heavy atom. The highest BCUT2D eigenvalue weighted by Crippen LogP contribution is 2.36. The number of fused-ring (bicyclic) bond motifs is 6. The number of aliphatic carboxylic acids is 1. The molecule has 4 aromatic carbocycles. The smallest absolute Gasteiger partial charge is 0.307 e. The maximum atomic E-state index is 12.8. The van der Waals surface area contributed by atoms with Gasteiger partial charge >= 0.3 is 5.97 Å². The number of para-hydroxylation sites is 2. The maximum Gasteiger partial charge on any atom is 0.307 e. The Hall–Kier alpha value is -5.53. The fraction of sp³-hybridized carbons (Fsp3) is 0.195. The van der Waals surface area contributed by atoms with Crippen LogP contribution in [0.4, 0.5) is 23.3 Å².